The smallest absolute Gasteiger partial charge is 0.274 e. The highest BCUT2D eigenvalue weighted by Gasteiger charge is 2.18. The van der Waals surface area contributed by atoms with E-state index in [1.807, 2.05) is 47.9 Å². The van der Waals surface area contributed by atoms with Crippen LogP contribution in [0, 0.1) is 6.92 Å². The van der Waals surface area contributed by atoms with Crippen LogP contribution in [0.4, 0.5) is 0 Å². The third-order valence-corrected chi connectivity index (χ3v) is 4.03. The Hall–Kier alpha value is -2.66. The standard InChI is InChI=1S/C19H22N4O/c1-15-7-10-23-14-17(21-18(23)13-15)19(24)22(12-9-20)11-8-16-5-3-2-4-6-16/h2-7,10,13-14H,8-9,11-12,20H2,1H3. The summed E-state index contributed by atoms with van der Waals surface area (Å²) in [5, 5.41) is 0. The van der Waals surface area contributed by atoms with Gasteiger partial charge in [-0.15, -0.1) is 0 Å². The molecule has 2 N–H and O–H groups in total. The van der Waals surface area contributed by atoms with E-state index in [4.69, 9.17) is 5.73 Å². The third kappa shape index (κ3) is 3.63. The van der Waals surface area contributed by atoms with Crippen molar-refractivity contribution in [3.63, 3.8) is 0 Å². The van der Waals surface area contributed by atoms with Crippen LogP contribution >= 0.6 is 0 Å². The molecule has 0 radical (unpaired) electrons. The first-order valence-corrected chi connectivity index (χ1v) is 8.16. The number of rotatable bonds is 6. The summed E-state index contributed by atoms with van der Waals surface area (Å²) in [6.07, 6.45) is 4.51. The van der Waals surface area contributed by atoms with E-state index in [0.717, 1.165) is 17.6 Å². The minimum atomic E-state index is -0.0715. The van der Waals surface area contributed by atoms with Crippen LogP contribution in [0.5, 0.6) is 0 Å². The maximum absolute atomic E-state index is 12.8. The second kappa shape index (κ2) is 7.27. The predicted molar refractivity (Wildman–Crippen MR) is 95.0 cm³/mol. The molecule has 0 unspecified atom stereocenters. The number of amides is 1. The Kier molecular flexibility index (Phi) is 4.91. The molecule has 0 saturated carbocycles. The van der Waals surface area contributed by atoms with Gasteiger partial charge in [-0.3, -0.25) is 4.79 Å². The molecule has 5 nitrogen and oxygen atoms in total. The summed E-state index contributed by atoms with van der Waals surface area (Å²) >= 11 is 0. The van der Waals surface area contributed by atoms with E-state index < -0.39 is 0 Å². The average molecular weight is 322 g/mol. The Labute approximate surface area is 141 Å². The zero-order valence-corrected chi connectivity index (χ0v) is 13.9. The molecule has 124 valence electrons. The molecule has 0 atom stereocenters. The highest BCUT2D eigenvalue weighted by atomic mass is 16.2. The first-order valence-electron chi connectivity index (χ1n) is 8.16. The molecule has 0 aliphatic heterocycles. The largest absolute Gasteiger partial charge is 0.336 e. The van der Waals surface area contributed by atoms with Crippen molar-refractivity contribution < 1.29 is 4.79 Å². The normalized spacial score (nSPS) is 10.9. The van der Waals surface area contributed by atoms with Crippen LogP contribution in [0.2, 0.25) is 0 Å². The molecule has 0 bridgehead atoms. The number of imidazole rings is 1. The fraction of sp³-hybridized carbons (Fsp3) is 0.263. The number of aromatic nitrogens is 2. The maximum Gasteiger partial charge on any atom is 0.274 e. The van der Waals surface area contributed by atoms with E-state index in [1.54, 1.807) is 11.1 Å². The zero-order valence-electron chi connectivity index (χ0n) is 13.9. The third-order valence-electron chi connectivity index (χ3n) is 4.03. The van der Waals surface area contributed by atoms with Gasteiger partial charge in [0.2, 0.25) is 0 Å². The van der Waals surface area contributed by atoms with Crippen molar-refractivity contribution in [2.24, 2.45) is 5.73 Å². The molecule has 2 aromatic heterocycles. The van der Waals surface area contributed by atoms with Gasteiger partial charge in [-0.1, -0.05) is 30.3 Å². The summed E-state index contributed by atoms with van der Waals surface area (Å²) in [7, 11) is 0. The van der Waals surface area contributed by atoms with Crippen molar-refractivity contribution in [2.45, 2.75) is 13.3 Å². The van der Waals surface area contributed by atoms with Gasteiger partial charge in [0.05, 0.1) is 0 Å². The average Bonchev–Trinajstić information content (AvgIpc) is 3.02. The molecule has 2 heterocycles. The summed E-state index contributed by atoms with van der Waals surface area (Å²) in [5.41, 5.74) is 9.26. The van der Waals surface area contributed by atoms with Crippen LogP contribution in [-0.4, -0.2) is 39.8 Å². The lowest BCUT2D eigenvalue weighted by molar-refractivity contribution is 0.0757. The minimum absolute atomic E-state index is 0.0715. The van der Waals surface area contributed by atoms with Gasteiger partial charge in [-0.25, -0.2) is 4.98 Å². The van der Waals surface area contributed by atoms with Crippen molar-refractivity contribution >= 4 is 11.6 Å². The number of fused-ring (bicyclic) bond motifs is 1. The number of aryl methyl sites for hydroxylation is 1. The summed E-state index contributed by atoms with van der Waals surface area (Å²) < 4.78 is 1.87. The first-order chi connectivity index (χ1) is 11.7. The predicted octanol–water partition coefficient (Wildman–Crippen LogP) is 2.29. The fourth-order valence-electron chi connectivity index (χ4n) is 2.73. The van der Waals surface area contributed by atoms with E-state index in [-0.39, 0.29) is 5.91 Å². The van der Waals surface area contributed by atoms with Crippen LogP contribution in [0.25, 0.3) is 5.65 Å². The van der Waals surface area contributed by atoms with Crippen molar-refractivity contribution in [3.8, 4) is 0 Å². The maximum atomic E-state index is 12.8. The van der Waals surface area contributed by atoms with Crippen LogP contribution in [-0.2, 0) is 6.42 Å². The molecule has 1 aromatic carbocycles. The molecule has 0 aliphatic rings. The lowest BCUT2D eigenvalue weighted by Gasteiger charge is -2.21. The number of carbonyl (C=O) groups is 1. The first kappa shape index (κ1) is 16.2. The quantitative estimate of drug-likeness (QED) is 0.757. The molecule has 24 heavy (non-hydrogen) atoms. The molecular formula is C19H22N4O. The number of hydrogen-bond acceptors (Lipinski definition) is 3. The molecule has 3 rings (SSSR count). The monoisotopic (exact) mass is 322 g/mol. The van der Waals surface area contributed by atoms with Crippen molar-refractivity contribution in [1.29, 1.82) is 0 Å². The van der Waals surface area contributed by atoms with E-state index in [9.17, 15) is 4.79 Å². The van der Waals surface area contributed by atoms with Crippen molar-refractivity contribution in [3.05, 3.63) is 71.7 Å². The number of nitrogens with zero attached hydrogens (tertiary/aromatic N) is 3. The molecule has 0 aliphatic carbocycles. The fourth-order valence-corrected chi connectivity index (χ4v) is 2.73. The van der Waals surface area contributed by atoms with E-state index in [2.05, 4.69) is 17.1 Å². The van der Waals surface area contributed by atoms with Gasteiger partial charge in [-0.05, 0) is 36.6 Å². The molecule has 0 fully saturated rings. The van der Waals surface area contributed by atoms with Gasteiger partial charge < -0.3 is 15.0 Å². The number of benzene rings is 1. The Morgan fingerprint density at radius 1 is 1.21 bits per heavy atom. The summed E-state index contributed by atoms with van der Waals surface area (Å²) in [4.78, 5) is 19.0. The molecule has 3 aromatic rings. The second-order valence-corrected chi connectivity index (χ2v) is 5.91. The zero-order chi connectivity index (χ0) is 16.9. The van der Waals surface area contributed by atoms with Crippen LogP contribution in [0.1, 0.15) is 21.6 Å². The Bertz CT molecular complexity index is 826. The Morgan fingerprint density at radius 3 is 2.75 bits per heavy atom. The summed E-state index contributed by atoms with van der Waals surface area (Å²) in [6.45, 7) is 3.61. The lowest BCUT2D eigenvalue weighted by Crippen LogP contribution is -2.37. The molecule has 1 amide bonds. The summed E-state index contributed by atoms with van der Waals surface area (Å²) in [6, 6.07) is 14.1. The van der Waals surface area contributed by atoms with Crippen LogP contribution < -0.4 is 5.73 Å². The van der Waals surface area contributed by atoms with Crippen LogP contribution in [0.3, 0.4) is 0 Å². The Morgan fingerprint density at radius 2 is 2.00 bits per heavy atom. The second-order valence-electron chi connectivity index (χ2n) is 5.91. The van der Waals surface area contributed by atoms with Gasteiger partial charge in [0.25, 0.3) is 5.91 Å². The number of pyridine rings is 1. The Balaban J connectivity index is 1.77. The summed E-state index contributed by atoms with van der Waals surface area (Å²) in [5.74, 6) is -0.0715. The van der Waals surface area contributed by atoms with Crippen molar-refractivity contribution in [1.82, 2.24) is 14.3 Å². The van der Waals surface area contributed by atoms with Gasteiger partial charge in [-0.2, -0.15) is 0 Å². The van der Waals surface area contributed by atoms with Gasteiger partial charge in [0.1, 0.15) is 11.3 Å². The molecule has 0 saturated heterocycles. The molecule has 0 spiro atoms. The SMILES string of the molecule is Cc1ccn2cc(C(=O)N(CCN)CCc3ccccc3)nc2c1. The molecular weight excluding hydrogens is 300 g/mol. The van der Waals surface area contributed by atoms with Crippen LogP contribution in [0.15, 0.2) is 54.9 Å². The van der Waals surface area contributed by atoms with Gasteiger partial charge in [0.15, 0.2) is 0 Å². The van der Waals surface area contributed by atoms with Gasteiger partial charge >= 0.3 is 0 Å². The lowest BCUT2D eigenvalue weighted by atomic mass is 10.1. The molecule has 5 heteroatoms. The number of nitrogens with two attached hydrogens (primary N) is 1. The van der Waals surface area contributed by atoms with Crippen molar-refractivity contribution in [2.75, 3.05) is 19.6 Å². The number of hydrogen-bond donors (Lipinski definition) is 1. The topological polar surface area (TPSA) is 63.6 Å². The number of carbonyl (C=O) groups excluding carboxylic acids is 1. The van der Waals surface area contributed by atoms with E-state index in [1.165, 1.54) is 5.56 Å². The van der Waals surface area contributed by atoms with E-state index in [0.29, 0.717) is 25.3 Å². The highest BCUT2D eigenvalue weighted by Crippen LogP contribution is 2.11. The minimum Gasteiger partial charge on any atom is -0.336 e. The van der Waals surface area contributed by atoms with Gasteiger partial charge in [0, 0.05) is 32.0 Å². The van der Waals surface area contributed by atoms with E-state index >= 15 is 0 Å². The highest BCUT2D eigenvalue weighted by molar-refractivity contribution is 5.93.